The number of likely N-dealkylation sites (tertiary alicyclic amines) is 1. The first kappa shape index (κ1) is 18.8. The first-order chi connectivity index (χ1) is 13.6. The van der Waals surface area contributed by atoms with Gasteiger partial charge in [-0.3, -0.25) is 9.69 Å². The number of carbonyl (C=O) groups excluding carboxylic acids is 1. The molecule has 148 valence electrons. The second-order valence-electron chi connectivity index (χ2n) is 7.73. The van der Waals surface area contributed by atoms with Crippen molar-refractivity contribution in [1.29, 1.82) is 0 Å². The Morgan fingerprint density at radius 3 is 3.04 bits per heavy atom. The van der Waals surface area contributed by atoms with Crippen LogP contribution in [0.2, 0.25) is 0 Å². The number of carbonyl (C=O) groups is 1. The van der Waals surface area contributed by atoms with Crippen molar-refractivity contribution in [1.82, 2.24) is 24.8 Å². The van der Waals surface area contributed by atoms with Crippen LogP contribution >= 0.6 is 0 Å². The van der Waals surface area contributed by atoms with E-state index in [0.29, 0.717) is 0 Å². The molecule has 1 saturated heterocycles. The quantitative estimate of drug-likeness (QED) is 0.877. The number of rotatable bonds is 4. The normalized spacial score (nSPS) is 19.9. The molecule has 0 aromatic carbocycles. The standard InChI is InChI=1S/C21H28N6O/c1-15(28)27-9-4-6-17(14-27)21-24-11-18-13-26(10-7-19(18)25-21)12-16-5-3-8-23-20(16)22-2/h3,5,8,11,17H,4,6-7,9-10,12-14H2,1-2H3,(H,22,23)/t17-/m1/s1. The number of amides is 1. The zero-order valence-corrected chi connectivity index (χ0v) is 16.7. The summed E-state index contributed by atoms with van der Waals surface area (Å²) in [6, 6.07) is 4.11. The van der Waals surface area contributed by atoms with Crippen molar-refractivity contribution in [2.45, 2.75) is 45.2 Å². The molecule has 0 unspecified atom stereocenters. The molecule has 1 N–H and O–H groups in total. The fourth-order valence-corrected chi connectivity index (χ4v) is 4.23. The van der Waals surface area contributed by atoms with Gasteiger partial charge in [0, 0.05) is 88.2 Å². The Bertz CT molecular complexity index is 855. The maximum absolute atomic E-state index is 11.7. The van der Waals surface area contributed by atoms with Crippen LogP contribution in [-0.2, 0) is 24.3 Å². The van der Waals surface area contributed by atoms with E-state index in [0.717, 1.165) is 63.6 Å². The number of anilines is 1. The highest BCUT2D eigenvalue weighted by Crippen LogP contribution is 2.27. The van der Waals surface area contributed by atoms with Crippen LogP contribution in [0, 0.1) is 0 Å². The highest BCUT2D eigenvalue weighted by Gasteiger charge is 2.26. The second kappa shape index (κ2) is 8.22. The summed E-state index contributed by atoms with van der Waals surface area (Å²) in [6.45, 7) is 5.94. The summed E-state index contributed by atoms with van der Waals surface area (Å²) in [7, 11) is 1.91. The molecule has 4 heterocycles. The van der Waals surface area contributed by atoms with E-state index >= 15 is 0 Å². The van der Waals surface area contributed by atoms with E-state index in [1.807, 2.05) is 30.4 Å². The maximum Gasteiger partial charge on any atom is 0.219 e. The topological polar surface area (TPSA) is 74.2 Å². The number of pyridine rings is 1. The van der Waals surface area contributed by atoms with E-state index in [4.69, 9.17) is 4.98 Å². The van der Waals surface area contributed by atoms with Crippen LogP contribution in [0.25, 0.3) is 0 Å². The summed E-state index contributed by atoms with van der Waals surface area (Å²) in [5.41, 5.74) is 3.59. The van der Waals surface area contributed by atoms with Crippen LogP contribution in [-0.4, -0.2) is 57.3 Å². The fourth-order valence-electron chi connectivity index (χ4n) is 4.23. The molecule has 0 bridgehead atoms. The van der Waals surface area contributed by atoms with Gasteiger partial charge in [0.05, 0.1) is 0 Å². The average molecular weight is 380 g/mol. The minimum Gasteiger partial charge on any atom is -0.373 e. The average Bonchev–Trinajstić information content (AvgIpc) is 2.74. The predicted molar refractivity (Wildman–Crippen MR) is 108 cm³/mol. The summed E-state index contributed by atoms with van der Waals surface area (Å²) >= 11 is 0. The number of fused-ring (bicyclic) bond motifs is 1. The van der Waals surface area contributed by atoms with Crippen molar-refractivity contribution < 1.29 is 4.79 Å². The third-order valence-electron chi connectivity index (χ3n) is 5.79. The highest BCUT2D eigenvalue weighted by atomic mass is 16.2. The molecule has 0 spiro atoms. The molecule has 28 heavy (non-hydrogen) atoms. The summed E-state index contributed by atoms with van der Waals surface area (Å²) in [5, 5.41) is 3.17. The van der Waals surface area contributed by atoms with Gasteiger partial charge >= 0.3 is 0 Å². The Morgan fingerprint density at radius 1 is 1.32 bits per heavy atom. The van der Waals surface area contributed by atoms with Crippen molar-refractivity contribution in [2.75, 3.05) is 32.0 Å². The van der Waals surface area contributed by atoms with Crippen LogP contribution < -0.4 is 5.32 Å². The molecule has 0 radical (unpaired) electrons. The van der Waals surface area contributed by atoms with Gasteiger partial charge in [-0.05, 0) is 18.9 Å². The molecule has 0 aliphatic carbocycles. The van der Waals surface area contributed by atoms with Gasteiger partial charge in [0.15, 0.2) is 0 Å². The van der Waals surface area contributed by atoms with Crippen LogP contribution in [0.4, 0.5) is 5.82 Å². The van der Waals surface area contributed by atoms with E-state index < -0.39 is 0 Å². The molecule has 2 aliphatic rings. The lowest BCUT2D eigenvalue weighted by Gasteiger charge is -2.32. The van der Waals surface area contributed by atoms with Gasteiger partial charge in [-0.25, -0.2) is 15.0 Å². The van der Waals surface area contributed by atoms with Gasteiger partial charge in [-0.15, -0.1) is 0 Å². The third kappa shape index (κ3) is 3.99. The Labute approximate surface area is 166 Å². The number of piperidine rings is 1. The molecular weight excluding hydrogens is 352 g/mol. The van der Waals surface area contributed by atoms with Crippen molar-refractivity contribution in [3.8, 4) is 0 Å². The molecule has 2 aliphatic heterocycles. The van der Waals surface area contributed by atoms with Crippen molar-refractivity contribution in [2.24, 2.45) is 0 Å². The molecule has 2 aromatic heterocycles. The number of hydrogen-bond acceptors (Lipinski definition) is 6. The summed E-state index contributed by atoms with van der Waals surface area (Å²) < 4.78 is 0. The summed E-state index contributed by atoms with van der Waals surface area (Å²) in [4.78, 5) is 30.0. The first-order valence-electron chi connectivity index (χ1n) is 10.1. The molecule has 0 saturated carbocycles. The molecule has 1 fully saturated rings. The van der Waals surface area contributed by atoms with Gasteiger partial charge in [-0.1, -0.05) is 6.07 Å². The minimum atomic E-state index is 0.148. The van der Waals surface area contributed by atoms with Crippen molar-refractivity contribution >= 4 is 11.7 Å². The molecule has 1 amide bonds. The molecular formula is C21H28N6O. The zero-order chi connectivity index (χ0) is 19.5. The number of nitrogens with one attached hydrogen (secondary N) is 1. The fraction of sp³-hybridized carbons (Fsp3) is 0.524. The third-order valence-corrected chi connectivity index (χ3v) is 5.79. The van der Waals surface area contributed by atoms with Crippen LogP contribution in [0.15, 0.2) is 24.5 Å². The second-order valence-corrected chi connectivity index (χ2v) is 7.73. The van der Waals surface area contributed by atoms with Gasteiger partial charge in [0.2, 0.25) is 5.91 Å². The lowest BCUT2D eigenvalue weighted by Crippen LogP contribution is -2.38. The van der Waals surface area contributed by atoms with Crippen LogP contribution in [0.3, 0.4) is 0 Å². The van der Waals surface area contributed by atoms with E-state index in [2.05, 4.69) is 26.3 Å². The van der Waals surface area contributed by atoms with E-state index in [1.165, 1.54) is 16.8 Å². The Hall–Kier alpha value is -2.54. The Kier molecular flexibility index (Phi) is 5.52. The lowest BCUT2D eigenvalue weighted by molar-refractivity contribution is -0.130. The maximum atomic E-state index is 11.7. The van der Waals surface area contributed by atoms with E-state index in [-0.39, 0.29) is 11.8 Å². The van der Waals surface area contributed by atoms with Gasteiger partial charge in [0.1, 0.15) is 11.6 Å². The Balaban J connectivity index is 1.45. The van der Waals surface area contributed by atoms with E-state index in [1.54, 1.807) is 6.92 Å². The molecule has 7 nitrogen and oxygen atoms in total. The van der Waals surface area contributed by atoms with Crippen molar-refractivity contribution in [3.05, 3.63) is 47.2 Å². The lowest BCUT2D eigenvalue weighted by atomic mass is 9.96. The van der Waals surface area contributed by atoms with Gasteiger partial charge in [-0.2, -0.15) is 0 Å². The summed E-state index contributed by atoms with van der Waals surface area (Å²) in [5.74, 6) is 2.25. The largest absolute Gasteiger partial charge is 0.373 e. The zero-order valence-electron chi connectivity index (χ0n) is 16.7. The van der Waals surface area contributed by atoms with Crippen LogP contribution in [0.1, 0.15) is 48.3 Å². The molecule has 2 aromatic rings. The number of hydrogen-bond donors (Lipinski definition) is 1. The van der Waals surface area contributed by atoms with Crippen molar-refractivity contribution in [3.63, 3.8) is 0 Å². The molecule has 7 heteroatoms. The number of nitrogens with zero attached hydrogens (tertiary/aromatic N) is 5. The number of aromatic nitrogens is 3. The monoisotopic (exact) mass is 380 g/mol. The van der Waals surface area contributed by atoms with Crippen LogP contribution in [0.5, 0.6) is 0 Å². The van der Waals surface area contributed by atoms with Gasteiger partial charge < -0.3 is 10.2 Å². The predicted octanol–water partition coefficient (Wildman–Crippen LogP) is 2.20. The van der Waals surface area contributed by atoms with E-state index in [9.17, 15) is 4.79 Å². The van der Waals surface area contributed by atoms with Gasteiger partial charge in [0.25, 0.3) is 0 Å². The molecule has 4 rings (SSSR count). The smallest absolute Gasteiger partial charge is 0.219 e. The molecule has 1 atom stereocenters. The summed E-state index contributed by atoms with van der Waals surface area (Å²) in [6.07, 6.45) is 6.83. The minimum absolute atomic E-state index is 0.148. The SMILES string of the molecule is CNc1ncccc1CN1CCc2nc([C@@H]3CCCN(C(C)=O)C3)ncc2C1. The first-order valence-corrected chi connectivity index (χ1v) is 10.1. The highest BCUT2D eigenvalue weighted by molar-refractivity contribution is 5.73. The Morgan fingerprint density at radius 2 is 2.21 bits per heavy atom.